The summed E-state index contributed by atoms with van der Waals surface area (Å²) in [5.41, 5.74) is 6.79. The number of hydrogen-bond acceptors (Lipinski definition) is 4. The minimum absolute atomic E-state index is 0.0731. The SMILES string of the molecule is CCN(CC)CC(C)NC(=O)c1ccc(OC)cc1N. The Bertz CT molecular complexity index is 445. The highest BCUT2D eigenvalue weighted by molar-refractivity contribution is 5.99. The van der Waals surface area contributed by atoms with Crippen molar-refractivity contribution in [3.63, 3.8) is 0 Å². The lowest BCUT2D eigenvalue weighted by Crippen LogP contribution is -2.42. The van der Waals surface area contributed by atoms with E-state index >= 15 is 0 Å². The second kappa shape index (κ2) is 7.75. The molecule has 1 rings (SSSR count). The summed E-state index contributed by atoms with van der Waals surface area (Å²) in [6.45, 7) is 8.99. The molecule has 0 aromatic heterocycles. The molecule has 0 heterocycles. The third-order valence-electron chi connectivity index (χ3n) is 3.31. The molecule has 112 valence electrons. The molecular weight excluding hydrogens is 254 g/mol. The number of methoxy groups -OCH3 is 1. The van der Waals surface area contributed by atoms with Crippen LogP contribution in [0.15, 0.2) is 18.2 Å². The number of likely N-dealkylation sites (N-methyl/N-ethyl adjacent to an activating group) is 1. The van der Waals surface area contributed by atoms with Crippen molar-refractivity contribution in [1.82, 2.24) is 10.2 Å². The van der Waals surface area contributed by atoms with Crippen molar-refractivity contribution < 1.29 is 9.53 Å². The van der Waals surface area contributed by atoms with Gasteiger partial charge in [-0.15, -0.1) is 0 Å². The zero-order chi connectivity index (χ0) is 15.1. The standard InChI is InChI=1S/C15H25N3O2/c1-5-18(6-2)10-11(3)17-15(19)13-8-7-12(20-4)9-14(13)16/h7-9,11H,5-6,10,16H2,1-4H3,(H,17,19). The van der Waals surface area contributed by atoms with Crippen LogP contribution in [0.5, 0.6) is 5.75 Å². The lowest BCUT2D eigenvalue weighted by Gasteiger charge is -2.23. The fourth-order valence-corrected chi connectivity index (χ4v) is 2.09. The van der Waals surface area contributed by atoms with Crippen molar-refractivity contribution >= 4 is 11.6 Å². The number of nitrogens with two attached hydrogens (primary N) is 1. The topological polar surface area (TPSA) is 67.6 Å². The number of carbonyl (C=O) groups is 1. The highest BCUT2D eigenvalue weighted by atomic mass is 16.5. The molecule has 1 amide bonds. The minimum Gasteiger partial charge on any atom is -0.497 e. The number of benzene rings is 1. The molecule has 1 unspecified atom stereocenters. The Balaban J connectivity index is 2.66. The highest BCUT2D eigenvalue weighted by Crippen LogP contribution is 2.19. The molecule has 1 atom stereocenters. The van der Waals surface area contributed by atoms with Gasteiger partial charge in [0.05, 0.1) is 12.7 Å². The molecule has 0 aliphatic carbocycles. The number of nitrogen functional groups attached to an aromatic ring is 1. The number of amides is 1. The molecule has 0 bridgehead atoms. The van der Waals surface area contributed by atoms with Crippen LogP contribution in [0.4, 0.5) is 5.69 Å². The Kier molecular flexibility index (Phi) is 6.31. The molecule has 0 saturated heterocycles. The Labute approximate surface area is 121 Å². The summed E-state index contributed by atoms with van der Waals surface area (Å²) < 4.78 is 5.07. The maximum atomic E-state index is 12.2. The zero-order valence-electron chi connectivity index (χ0n) is 12.8. The summed E-state index contributed by atoms with van der Waals surface area (Å²) in [6, 6.07) is 5.15. The van der Waals surface area contributed by atoms with Gasteiger partial charge in [-0.05, 0) is 32.1 Å². The number of hydrogen-bond donors (Lipinski definition) is 2. The van der Waals surface area contributed by atoms with Gasteiger partial charge in [-0.25, -0.2) is 0 Å². The van der Waals surface area contributed by atoms with Gasteiger partial charge in [0.15, 0.2) is 0 Å². The molecule has 0 radical (unpaired) electrons. The van der Waals surface area contributed by atoms with E-state index in [1.54, 1.807) is 25.3 Å². The Hall–Kier alpha value is -1.75. The van der Waals surface area contributed by atoms with Crippen molar-refractivity contribution in [2.24, 2.45) is 0 Å². The summed E-state index contributed by atoms with van der Waals surface area (Å²) in [6.07, 6.45) is 0. The Morgan fingerprint density at radius 2 is 2.05 bits per heavy atom. The van der Waals surface area contributed by atoms with Gasteiger partial charge in [0, 0.05) is 24.3 Å². The zero-order valence-corrected chi connectivity index (χ0v) is 12.8. The van der Waals surface area contributed by atoms with Crippen LogP contribution in [-0.2, 0) is 0 Å². The number of anilines is 1. The number of ether oxygens (including phenoxy) is 1. The molecule has 0 saturated carbocycles. The molecule has 1 aromatic carbocycles. The maximum Gasteiger partial charge on any atom is 0.253 e. The first-order valence-corrected chi connectivity index (χ1v) is 6.98. The molecule has 20 heavy (non-hydrogen) atoms. The molecule has 0 aliphatic heterocycles. The summed E-state index contributed by atoms with van der Waals surface area (Å²) in [4.78, 5) is 14.4. The first-order valence-electron chi connectivity index (χ1n) is 6.98. The molecule has 0 spiro atoms. The summed E-state index contributed by atoms with van der Waals surface area (Å²) in [7, 11) is 1.57. The van der Waals surface area contributed by atoms with Gasteiger partial charge in [-0.1, -0.05) is 13.8 Å². The van der Waals surface area contributed by atoms with E-state index in [2.05, 4.69) is 24.1 Å². The smallest absolute Gasteiger partial charge is 0.253 e. The summed E-state index contributed by atoms with van der Waals surface area (Å²) in [5.74, 6) is 0.500. The fraction of sp³-hybridized carbons (Fsp3) is 0.533. The van der Waals surface area contributed by atoms with Crippen molar-refractivity contribution in [2.75, 3.05) is 32.5 Å². The van der Waals surface area contributed by atoms with E-state index in [4.69, 9.17) is 10.5 Å². The van der Waals surface area contributed by atoms with E-state index < -0.39 is 0 Å². The predicted molar refractivity (Wildman–Crippen MR) is 82.1 cm³/mol. The first kappa shape index (κ1) is 16.3. The molecule has 3 N–H and O–H groups in total. The van der Waals surface area contributed by atoms with Crippen molar-refractivity contribution in [3.8, 4) is 5.75 Å². The van der Waals surface area contributed by atoms with Crippen LogP contribution < -0.4 is 15.8 Å². The van der Waals surface area contributed by atoms with Crippen molar-refractivity contribution in [3.05, 3.63) is 23.8 Å². The van der Waals surface area contributed by atoms with Crippen LogP contribution in [0.3, 0.4) is 0 Å². The largest absolute Gasteiger partial charge is 0.497 e. The van der Waals surface area contributed by atoms with Gasteiger partial charge in [0.2, 0.25) is 0 Å². The number of carbonyl (C=O) groups excluding carboxylic acids is 1. The predicted octanol–water partition coefficient (Wildman–Crippen LogP) is 1.74. The molecule has 0 aliphatic rings. The third kappa shape index (κ3) is 4.42. The normalized spacial score (nSPS) is 12.2. The van der Waals surface area contributed by atoms with Gasteiger partial charge in [0.25, 0.3) is 5.91 Å². The molecule has 0 fully saturated rings. The van der Waals surface area contributed by atoms with Crippen LogP contribution >= 0.6 is 0 Å². The van der Waals surface area contributed by atoms with E-state index in [9.17, 15) is 4.79 Å². The quantitative estimate of drug-likeness (QED) is 0.746. The van der Waals surface area contributed by atoms with E-state index in [0.29, 0.717) is 17.0 Å². The van der Waals surface area contributed by atoms with Gasteiger partial charge in [-0.2, -0.15) is 0 Å². The van der Waals surface area contributed by atoms with Gasteiger partial charge in [-0.3, -0.25) is 4.79 Å². The van der Waals surface area contributed by atoms with Crippen LogP contribution in [0, 0.1) is 0 Å². The minimum atomic E-state index is -0.148. The van der Waals surface area contributed by atoms with Crippen LogP contribution in [-0.4, -0.2) is 43.6 Å². The van der Waals surface area contributed by atoms with Crippen molar-refractivity contribution in [2.45, 2.75) is 26.8 Å². The highest BCUT2D eigenvalue weighted by Gasteiger charge is 2.14. The average molecular weight is 279 g/mol. The molecule has 5 heteroatoms. The average Bonchev–Trinajstić information content (AvgIpc) is 2.44. The van der Waals surface area contributed by atoms with Crippen LogP contribution in [0.25, 0.3) is 0 Å². The number of nitrogens with zero attached hydrogens (tertiary/aromatic N) is 1. The van der Waals surface area contributed by atoms with Gasteiger partial charge in [0.1, 0.15) is 5.75 Å². The molecular formula is C15H25N3O2. The Morgan fingerprint density at radius 3 is 2.55 bits per heavy atom. The van der Waals surface area contributed by atoms with E-state index in [1.165, 1.54) is 0 Å². The second-order valence-electron chi connectivity index (χ2n) is 4.81. The van der Waals surface area contributed by atoms with E-state index in [0.717, 1.165) is 19.6 Å². The van der Waals surface area contributed by atoms with Crippen LogP contribution in [0.2, 0.25) is 0 Å². The Morgan fingerprint density at radius 1 is 1.40 bits per heavy atom. The van der Waals surface area contributed by atoms with Gasteiger partial charge < -0.3 is 20.7 Å². The van der Waals surface area contributed by atoms with Crippen molar-refractivity contribution in [1.29, 1.82) is 0 Å². The maximum absolute atomic E-state index is 12.2. The molecule has 5 nitrogen and oxygen atoms in total. The summed E-state index contributed by atoms with van der Waals surface area (Å²) >= 11 is 0. The van der Waals surface area contributed by atoms with E-state index in [-0.39, 0.29) is 11.9 Å². The number of nitrogens with one attached hydrogen (secondary N) is 1. The fourth-order valence-electron chi connectivity index (χ4n) is 2.09. The van der Waals surface area contributed by atoms with E-state index in [1.807, 2.05) is 6.92 Å². The summed E-state index contributed by atoms with van der Waals surface area (Å²) in [5, 5.41) is 2.97. The third-order valence-corrected chi connectivity index (χ3v) is 3.31. The lowest BCUT2D eigenvalue weighted by atomic mass is 10.1. The first-order chi connectivity index (χ1) is 9.51. The molecule has 1 aromatic rings. The number of rotatable bonds is 7. The second-order valence-corrected chi connectivity index (χ2v) is 4.81. The monoisotopic (exact) mass is 279 g/mol. The van der Waals surface area contributed by atoms with Gasteiger partial charge >= 0.3 is 0 Å². The lowest BCUT2D eigenvalue weighted by molar-refractivity contribution is 0.0931. The van der Waals surface area contributed by atoms with Crippen LogP contribution in [0.1, 0.15) is 31.1 Å².